The molecule has 0 spiro atoms. The monoisotopic (exact) mass is 446 g/mol. The Hall–Kier alpha value is -3.24. The molecule has 0 atom stereocenters. The van der Waals surface area contributed by atoms with Crippen LogP contribution in [0.25, 0.3) is 22.9 Å². The molecule has 9 nitrogen and oxygen atoms in total. The van der Waals surface area contributed by atoms with Gasteiger partial charge in [-0.15, -0.1) is 0 Å². The molecule has 4 rings (SSSR count). The standard InChI is InChI=1S/C12H11NO3.C10H7NO3.Na.H2O/c1-2-15-12(14)10-8-16-11(13-10)9-6-4-3-5-7-9;12-10(13)8-6-14-9(11-8)7-4-2-1-3-5-7;;/h3-8H,2H2,1H3;1-6H,(H,12,13);;1H2/q;;+1;/p-1. The number of carbonyl (C=O) groups excluding carboxylic acids is 1. The van der Waals surface area contributed by atoms with Crippen LogP contribution in [0.15, 0.2) is 82.0 Å². The number of oxazole rings is 2. The van der Waals surface area contributed by atoms with Crippen molar-refractivity contribution in [3.8, 4) is 22.9 Å². The minimum absolute atomic E-state index is 0. The quantitative estimate of drug-likeness (QED) is 0.355. The Kier molecular flexibility index (Phi) is 11.1. The van der Waals surface area contributed by atoms with Crippen molar-refractivity contribution in [2.24, 2.45) is 0 Å². The van der Waals surface area contributed by atoms with Crippen molar-refractivity contribution in [2.45, 2.75) is 6.92 Å². The first kappa shape index (κ1) is 26.8. The second-order valence-electron chi connectivity index (χ2n) is 5.83. The van der Waals surface area contributed by atoms with E-state index in [1.165, 1.54) is 6.26 Å². The Balaban J connectivity index is 0.000000303. The number of aromatic nitrogens is 2. The number of esters is 1. The zero-order valence-corrected chi connectivity index (χ0v) is 19.5. The average Bonchev–Trinajstić information content (AvgIpc) is 3.46. The van der Waals surface area contributed by atoms with E-state index >= 15 is 0 Å². The summed E-state index contributed by atoms with van der Waals surface area (Å²) in [5.41, 5.74) is 1.71. The summed E-state index contributed by atoms with van der Waals surface area (Å²) in [4.78, 5) is 29.7. The van der Waals surface area contributed by atoms with Crippen molar-refractivity contribution >= 4 is 11.9 Å². The number of carboxylic acid groups (broad SMARTS) is 1. The Morgan fingerprint density at radius 3 is 1.69 bits per heavy atom. The summed E-state index contributed by atoms with van der Waals surface area (Å²) >= 11 is 0. The number of carbonyl (C=O) groups is 2. The van der Waals surface area contributed by atoms with Gasteiger partial charge in [-0.25, -0.2) is 19.6 Å². The van der Waals surface area contributed by atoms with Crippen LogP contribution < -0.4 is 29.6 Å². The van der Waals surface area contributed by atoms with E-state index in [0.29, 0.717) is 18.4 Å². The number of hydrogen-bond donors (Lipinski definition) is 1. The smallest absolute Gasteiger partial charge is 0.870 e. The van der Waals surface area contributed by atoms with E-state index in [1.54, 1.807) is 19.1 Å². The van der Waals surface area contributed by atoms with Gasteiger partial charge in [-0.2, -0.15) is 0 Å². The van der Waals surface area contributed by atoms with Gasteiger partial charge < -0.3 is 24.2 Å². The first-order chi connectivity index (χ1) is 14.6. The molecule has 2 aromatic carbocycles. The number of carboxylic acids is 1. The van der Waals surface area contributed by atoms with Crippen molar-refractivity contribution in [3.05, 3.63) is 84.6 Å². The van der Waals surface area contributed by atoms with Crippen LogP contribution in [-0.4, -0.2) is 39.1 Å². The molecule has 0 radical (unpaired) electrons. The maximum absolute atomic E-state index is 11.3. The molecule has 2 N–H and O–H groups in total. The topological polar surface area (TPSA) is 146 Å². The third-order valence-corrected chi connectivity index (χ3v) is 3.75. The first-order valence-corrected chi connectivity index (χ1v) is 9.00. The van der Waals surface area contributed by atoms with Gasteiger partial charge in [-0.1, -0.05) is 36.4 Å². The molecule has 0 aliphatic heterocycles. The van der Waals surface area contributed by atoms with Gasteiger partial charge in [-0.3, -0.25) is 0 Å². The molecule has 2 heterocycles. The number of hydrogen-bond acceptors (Lipinski definition) is 8. The second kappa shape index (κ2) is 13.2. The van der Waals surface area contributed by atoms with Gasteiger partial charge in [0.15, 0.2) is 11.4 Å². The van der Waals surface area contributed by atoms with Crippen LogP contribution in [0.1, 0.15) is 27.9 Å². The fourth-order valence-corrected chi connectivity index (χ4v) is 2.37. The summed E-state index contributed by atoms with van der Waals surface area (Å²) in [5.74, 6) is -0.809. The minimum Gasteiger partial charge on any atom is -0.870 e. The Labute approximate surface area is 205 Å². The molecule has 0 aliphatic rings. The normalized spacial score (nSPS) is 9.41. The van der Waals surface area contributed by atoms with Gasteiger partial charge in [0.25, 0.3) is 0 Å². The van der Waals surface area contributed by atoms with Crippen LogP contribution in [0.4, 0.5) is 0 Å². The van der Waals surface area contributed by atoms with Crippen LogP contribution in [-0.2, 0) is 4.74 Å². The van der Waals surface area contributed by atoms with Gasteiger partial charge in [0.05, 0.1) is 6.61 Å². The van der Waals surface area contributed by atoms with Crippen molar-refractivity contribution in [1.82, 2.24) is 9.97 Å². The van der Waals surface area contributed by atoms with Gasteiger partial charge >= 0.3 is 41.5 Å². The molecular formula is C22H19N2NaO7. The average molecular weight is 446 g/mol. The zero-order chi connectivity index (χ0) is 21.3. The molecule has 4 aromatic rings. The van der Waals surface area contributed by atoms with Crippen LogP contribution >= 0.6 is 0 Å². The van der Waals surface area contributed by atoms with Crippen LogP contribution in [0.3, 0.4) is 0 Å². The van der Waals surface area contributed by atoms with E-state index in [1.807, 2.05) is 48.5 Å². The third kappa shape index (κ3) is 7.17. The van der Waals surface area contributed by atoms with Crippen LogP contribution in [0, 0.1) is 0 Å². The molecule has 0 bridgehead atoms. The van der Waals surface area contributed by atoms with Crippen molar-refractivity contribution in [3.63, 3.8) is 0 Å². The Bertz CT molecular complexity index is 1110. The van der Waals surface area contributed by atoms with Crippen molar-refractivity contribution < 1.29 is 63.3 Å². The Morgan fingerprint density at radius 1 is 0.844 bits per heavy atom. The molecule has 0 amide bonds. The summed E-state index contributed by atoms with van der Waals surface area (Å²) in [6.07, 6.45) is 2.44. The van der Waals surface area contributed by atoms with E-state index in [0.717, 1.165) is 17.4 Å². The number of benzene rings is 2. The number of nitrogens with zero attached hydrogens (tertiary/aromatic N) is 2. The fourth-order valence-electron chi connectivity index (χ4n) is 2.37. The summed E-state index contributed by atoms with van der Waals surface area (Å²) in [5, 5.41) is 8.62. The summed E-state index contributed by atoms with van der Waals surface area (Å²) in [6, 6.07) is 18.5. The van der Waals surface area contributed by atoms with E-state index in [-0.39, 0.29) is 46.4 Å². The van der Waals surface area contributed by atoms with Crippen molar-refractivity contribution in [2.75, 3.05) is 6.61 Å². The molecular weight excluding hydrogens is 427 g/mol. The minimum atomic E-state index is -1.09. The SMILES string of the molecule is CCOC(=O)c1coc(-c2ccccc2)n1.O=C(O)c1coc(-c2ccccc2)n1.[Na+].[OH-]. The maximum Gasteiger partial charge on any atom is 1.00 e. The number of ether oxygens (including phenoxy) is 1. The third-order valence-electron chi connectivity index (χ3n) is 3.75. The van der Waals surface area contributed by atoms with E-state index in [4.69, 9.17) is 18.7 Å². The largest absolute Gasteiger partial charge is 1.00 e. The maximum atomic E-state index is 11.3. The molecule has 0 aliphatic carbocycles. The van der Waals surface area contributed by atoms with Gasteiger partial charge in [0, 0.05) is 11.1 Å². The van der Waals surface area contributed by atoms with E-state index in [2.05, 4.69) is 9.97 Å². The molecule has 0 unspecified atom stereocenters. The molecule has 160 valence electrons. The van der Waals surface area contributed by atoms with E-state index < -0.39 is 11.9 Å². The molecule has 0 fully saturated rings. The van der Waals surface area contributed by atoms with Crippen LogP contribution in [0.5, 0.6) is 0 Å². The number of aromatic carboxylic acids is 1. The molecule has 10 heteroatoms. The van der Waals surface area contributed by atoms with Crippen molar-refractivity contribution in [1.29, 1.82) is 0 Å². The summed E-state index contributed by atoms with van der Waals surface area (Å²) in [7, 11) is 0. The van der Waals surface area contributed by atoms with Gasteiger partial charge in [0.1, 0.15) is 12.5 Å². The molecule has 32 heavy (non-hydrogen) atoms. The molecule has 2 aromatic heterocycles. The predicted octanol–water partition coefficient (Wildman–Crippen LogP) is 1.39. The Morgan fingerprint density at radius 2 is 1.28 bits per heavy atom. The summed E-state index contributed by atoms with van der Waals surface area (Å²) in [6.45, 7) is 2.07. The van der Waals surface area contributed by atoms with Gasteiger partial charge in [-0.05, 0) is 31.2 Å². The first-order valence-electron chi connectivity index (χ1n) is 9.00. The van der Waals surface area contributed by atoms with Crippen LogP contribution in [0.2, 0.25) is 0 Å². The fraction of sp³-hybridized carbons (Fsp3) is 0.0909. The van der Waals surface area contributed by atoms with Gasteiger partial charge in [0.2, 0.25) is 11.8 Å². The zero-order valence-electron chi connectivity index (χ0n) is 17.5. The predicted molar refractivity (Wildman–Crippen MR) is 109 cm³/mol. The summed E-state index contributed by atoms with van der Waals surface area (Å²) < 4.78 is 15.0. The second-order valence-corrected chi connectivity index (χ2v) is 5.83. The molecule has 0 saturated heterocycles. The number of rotatable bonds is 5. The molecule has 0 saturated carbocycles. The van der Waals surface area contributed by atoms with E-state index in [9.17, 15) is 9.59 Å².